The molecule has 0 saturated heterocycles. The second-order valence-corrected chi connectivity index (χ2v) is 7.34. The van der Waals surface area contributed by atoms with E-state index >= 15 is 0 Å². The predicted octanol–water partition coefficient (Wildman–Crippen LogP) is 3.35. The van der Waals surface area contributed by atoms with Crippen LogP contribution in [-0.2, 0) is 11.2 Å². The maximum absolute atomic E-state index is 12.0. The van der Waals surface area contributed by atoms with E-state index in [1.807, 2.05) is 30.1 Å². The number of nitrogens with one attached hydrogen (secondary N) is 1. The lowest BCUT2D eigenvalue weighted by Gasteiger charge is -2.25. The largest absolute Gasteiger partial charge is 0.342 e. The van der Waals surface area contributed by atoms with Crippen LogP contribution in [0.15, 0.2) is 9.85 Å². The van der Waals surface area contributed by atoms with Crippen LogP contribution in [0.1, 0.15) is 43.2 Å². The maximum Gasteiger partial charge on any atom is 0.236 e. The first-order valence-electron chi connectivity index (χ1n) is 6.95. The van der Waals surface area contributed by atoms with Crippen molar-refractivity contribution in [1.29, 1.82) is 0 Å². The van der Waals surface area contributed by atoms with Crippen LogP contribution in [0.2, 0.25) is 0 Å². The van der Waals surface area contributed by atoms with Gasteiger partial charge >= 0.3 is 0 Å². The zero-order valence-corrected chi connectivity index (χ0v) is 13.9. The molecule has 0 aromatic carbocycles. The average molecular weight is 345 g/mol. The van der Waals surface area contributed by atoms with Crippen molar-refractivity contribution in [3.8, 4) is 0 Å². The van der Waals surface area contributed by atoms with Gasteiger partial charge in [-0.1, -0.05) is 0 Å². The highest BCUT2D eigenvalue weighted by Gasteiger charge is 2.23. The van der Waals surface area contributed by atoms with Crippen LogP contribution in [0.5, 0.6) is 0 Å². The van der Waals surface area contributed by atoms with Crippen molar-refractivity contribution in [1.82, 2.24) is 10.2 Å². The van der Waals surface area contributed by atoms with E-state index in [1.165, 1.54) is 27.1 Å². The van der Waals surface area contributed by atoms with Crippen LogP contribution in [0.25, 0.3) is 0 Å². The molecule has 1 heterocycles. The quantitative estimate of drug-likeness (QED) is 0.888. The normalized spacial score (nSPS) is 18.2. The lowest BCUT2D eigenvalue weighted by Crippen LogP contribution is -2.39. The van der Waals surface area contributed by atoms with Gasteiger partial charge in [0.05, 0.1) is 10.3 Å². The Morgan fingerprint density at radius 2 is 2.26 bits per heavy atom. The number of fused-ring (bicyclic) bond motifs is 1. The summed E-state index contributed by atoms with van der Waals surface area (Å²) >= 11 is 5.39. The van der Waals surface area contributed by atoms with Gasteiger partial charge in [-0.15, -0.1) is 11.3 Å². The van der Waals surface area contributed by atoms with Crippen molar-refractivity contribution in [3.05, 3.63) is 20.3 Å². The van der Waals surface area contributed by atoms with Gasteiger partial charge in [0, 0.05) is 24.0 Å². The molecule has 0 aliphatic heterocycles. The number of carbonyl (C=O) groups is 1. The molecule has 0 fully saturated rings. The summed E-state index contributed by atoms with van der Waals surface area (Å²) in [6, 6.07) is 2.55. The molecule has 0 spiro atoms. The molecular weight excluding hydrogens is 324 g/mol. The number of nitrogens with zero attached hydrogens (tertiary/aromatic N) is 1. The van der Waals surface area contributed by atoms with Crippen LogP contribution < -0.4 is 5.32 Å². The van der Waals surface area contributed by atoms with E-state index in [0.29, 0.717) is 12.6 Å². The highest BCUT2D eigenvalue weighted by Crippen LogP contribution is 2.37. The molecule has 1 aliphatic rings. The maximum atomic E-state index is 12.0. The first kappa shape index (κ1) is 15.0. The Morgan fingerprint density at radius 3 is 2.95 bits per heavy atom. The summed E-state index contributed by atoms with van der Waals surface area (Å²) in [5.41, 5.74) is 1.38. The Kier molecular flexibility index (Phi) is 5.42. The minimum absolute atomic E-state index is 0.200. The molecule has 1 aromatic heterocycles. The van der Waals surface area contributed by atoms with Crippen LogP contribution in [0.3, 0.4) is 0 Å². The van der Waals surface area contributed by atoms with Crippen LogP contribution in [0.4, 0.5) is 0 Å². The zero-order chi connectivity index (χ0) is 13.8. The number of thiophene rings is 1. The molecular formula is C14H21BrN2OS. The van der Waals surface area contributed by atoms with E-state index in [-0.39, 0.29) is 5.91 Å². The first-order chi connectivity index (χ1) is 9.15. The molecule has 2 rings (SSSR count). The Balaban J connectivity index is 1.96. The molecule has 19 heavy (non-hydrogen) atoms. The van der Waals surface area contributed by atoms with E-state index in [9.17, 15) is 4.79 Å². The van der Waals surface area contributed by atoms with Gasteiger partial charge < -0.3 is 10.2 Å². The average Bonchev–Trinajstić information content (AvgIpc) is 2.78. The van der Waals surface area contributed by atoms with Crippen molar-refractivity contribution >= 4 is 33.2 Å². The number of rotatable bonds is 5. The predicted molar refractivity (Wildman–Crippen MR) is 83.6 cm³/mol. The number of likely N-dealkylation sites (N-methyl/N-ethyl adjacent to an activating group) is 1. The minimum Gasteiger partial charge on any atom is -0.342 e. The standard InChI is InChI=1S/C14H21BrN2OS/c1-3-17(4-2)14(18)9-16-11-6-5-7-12-10(11)8-13(15)19-12/h8,11,16H,3-7,9H2,1-2H3. The fourth-order valence-electron chi connectivity index (χ4n) is 2.63. The van der Waals surface area contributed by atoms with Gasteiger partial charge in [0.2, 0.25) is 5.91 Å². The summed E-state index contributed by atoms with van der Waals surface area (Å²) in [5, 5.41) is 3.43. The van der Waals surface area contributed by atoms with Crippen molar-refractivity contribution in [2.75, 3.05) is 19.6 Å². The molecule has 1 unspecified atom stereocenters. The summed E-state index contributed by atoms with van der Waals surface area (Å²) in [5.74, 6) is 0.200. The third kappa shape index (κ3) is 3.58. The Hall–Kier alpha value is -0.390. The van der Waals surface area contributed by atoms with Crippen LogP contribution in [0, 0.1) is 0 Å². The summed E-state index contributed by atoms with van der Waals surface area (Å²) < 4.78 is 1.20. The van der Waals surface area contributed by atoms with E-state index in [2.05, 4.69) is 27.3 Å². The van der Waals surface area contributed by atoms with Crippen molar-refractivity contribution in [2.24, 2.45) is 0 Å². The summed E-state index contributed by atoms with van der Waals surface area (Å²) in [6.07, 6.45) is 3.51. The summed E-state index contributed by atoms with van der Waals surface area (Å²) in [4.78, 5) is 15.4. The third-order valence-corrected chi connectivity index (χ3v) is 5.41. The number of carbonyl (C=O) groups excluding carboxylic acids is 1. The smallest absolute Gasteiger partial charge is 0.236 e. The molecule has 1 atom stereocenters. The van der Waals surface area contributed by atoms with Gasteiger partial charge in [-0.2, -0.15) is 0 Å². The van der Waals surface area contributed by atoms with Gasteiger partial charge in [0.25, 0.3) is 0 Å². The Bertz CT molecular complexity index is 443. The zero-order valence-electron chi connectivity index (χ0n) is 11.5. The van der Waals surface area contributed by atoms with Crippen molar-refractivity contribution < 1.29 is 4.79 Å². The highest BCUT2D eigenvalue weighted by molar-refractivity contribution is 9.11. The van der Waals surface area contributed by atoms with Crippen molar-refractivity contribution in [3.63, 3.8) is 0 Å². The Labute approximate surface area is 127 Å². The lowest BCUT2D eigenvalue weighted by molar-refractivity contribution is -0.130. The molecule has 0 radical (unpaired) electrons. The number of halogens is 1. The topological polar surface area (TPSA) is 32.3 Å². The molecule has 0 bridgehead atoms. The molecule has 3 nitrogen and oxygen atoms in total. The summed E-state index contributed by atoms with van der Waals surface area (Å²) in [7, 11) is 0. The van der Waals surface area contributed by atoms with Crippen LogP contribution >= 0.6 is 27.3 Å². The van der Waals surface area contributed by atoms with Gasteiger partial charge in [0.15, 0.2) is 0 Å². The van der Waals surface area contributed by atoms with E-state index in [0.717, 1.165) is 19.5 Å². The number of aryl methyl sites for hydroxylation is 1. The molecule has 1 amide bonds. The second-order valence-electron chi connectivity index (χ2n) is 4.82. The van der Waals surface area contributed by atoms with Gasteiger partial charge in [-0.25, -0.2) is 0 Å². The van der Waals surface area contributed by atoms with E-state index < -0.39 is 0 Å². The fraction of sp³-hybridized carbons (Fsp3) is 0.643. The van der Waals surface area contributed by atoms with Gasteiger partial charge in [-0.05, 0) is 60.7 Å². The van der Waals surface area contributed by atoms with Crippen molar-refractivity contribution in [2.45, 2.75) is 39.2 Å². The van der Waals surface area contributed by atoms with Crippen LogP contribution in [-0.4, -0.2) is 30.4 Å². The van der Waals surface area contributed by atoms with E-state index in [4.69, 9.17) is 0 Å². The fourth-order valence-corrected chi connectivity index (χ4v) is 4.45. The second kappa shape index (κ2) is 6.86. The highest BCUT2D eigenvalue weighted by atomic mass is 79.9. The van der Waals surface area contributed by atoms with Gasteiger partial charge in [-0.3, -0.25) is 4.79 Å². The van der Waals surface area contributed by atoms with E-state index in [1.54, 1.807) is 0 Å². The molecule has 106 valence electrons. The summed E-state index contributed by atoms with van der Waals surface area (Å²) in [6.45, 7) is 6.07. The molecule has 1 aliphatic carbocycles. The lowest BCUT2D eigenvalue weighted by atomic mass is 9.94. The molecule has 0 saturated carbocycles. The SMILES string of the molecule is CCN(CC)C(=O)CNC1CCCc2sc(Br)cc21. The molecule has 1 aromatic rings. The molecule has 5 heteroatoms. The van der Waals surface area contributed by atoms with Gasteiger partial charge in [0.1, 0.15) is 0 Å². The number of amides is 1. The first-order valence-corrected chi connectivity index (χ1v) is 8.55. The third-order valence-electron chi connectivity index (χ3n) is 3.70. The number of hydrogen-bond donors (Lipinski definition) is 1. The Morgan fingerprint density at radius 1 is 1.53 bits per heavy atom. The number of hydrogen-bond acceptors (Lipinski definition) is 3. The monoisotopic (exact) mass is 344 g/mol. The molecule has 1 N–H and O–H groups in total. The minimum atomic E-state index is 0.200.